The van der Waals surface area contributed by atoms with Crippen LogP contribution < -0.4 is 10.1 Å². The number of aryl methyl sites for hydroxylation is 1. The molecular formula is C14H16ClN3O. The molecule has 0 atom stereocenters. The lowest BCUT2D eigenvalue weighted by Gasteiger charge is -2.13. The maximum Gasteiger partial charge on any atom is 0.132 e. The summed E-state index contributed by atoms with van der Waals surface area (Å²) in [5.74, 6) is 2.25. The number of anilines is 1. The van der Waals surface area contributed by atoms with Crippen molar-refractivity contribution in [2.45, 2.75) is 13.8 Å². The van der Waals surface area contributed by atoms with Gasteiger partial charge < -0.3 is 10.1 Å². The summed E-state index contributed by atoms with van der Waals surface area (Å²) >= 11 is 6.07. The molecule has 0 amide bonds. The second-order valence-corrected chi connectivity index (χ2v) is 4.62. The third kappa shape index (κ3) is 2.63. The highest BCUT2D eigenvalue weighted by Crippen LogP contribution is 2.34. The Balaban J connectivity index is 2.71. The highest BCUT2D eigenvalue weighted by Gasteiger charge is 2.14. The van der Waals surface area contributed by atoms with Crippen LogP contribution >= 0.6 is 11.6 Å². The summed E-state index contributed by atoms with van der Waals surface area (Å²) in [5, 5.41) is 3.72. The van der Waals surface area contributed by atoms with Gasteiger partial charge in [0.1, 0.15) is 17.4 Å². The Morgan fingerprint density at radius 2 is 1.95 bits per heavy atom. The third-order valence-corrected chi connectivity index (χ3v) is 3.15. The van der Waals surface area contributed by atoms with E-state index in [-0.39, 0.29) is 0 Å². The van der Waals surface area contributed by atoms with Gasteiger partial charge in [0.2, 0.25) is 0 Å². The monoisotopic (exact) mass is 277 g/mol. The van der Waals surface area contributed by atoms with E-state index in [0.717, 1.165) is 28.4 Å². The first-order valence-electron chi connectivity index (χ1n) is 5.93. The molecule has 0 radical (unpaired) electrons. The van der Waals surface area contributed by atoms with Gasteiger partial charge >= 0.3 is 0 Å². The molecule has 0 spiro atoms. The summed E-state index contributed by atoms with van der Waals surface area (Å²) in [7, 11) is 3.48. The largest absolute Gasteiger partial charge is 0.496 e. The number of hydrogen-bond donors (Lipinski definition) is 1. The van der Waals surface area contributed by atoms with Crippen molar-refractivity contribution in [2.24, 2.45) is 0 Å². The molecular weight excluding hydrogens is 262 g/mol. The van der Waals surface area contributed by atoms with Crippen LogP contribution in [0.4, 0.5) is 5.82 Å². The van der Waals surface area contributed by atoms with Gasteiger partial charge in [0.05, 0.1) is 12.8 Å². The zero-order valence-electron chi connectivity index (χ0n) is 11.4. The van der Waals surface area contributed by atoms with E-state index >= 15 is 0 Å². The van der Waals surface area contributed by atoms with Gasteiger partial charge in [-0.2, -0.15) is 0 Å². The number of ether oxygens (including phenoxy) is 1. The Hall–Kier alpha value is -1.81. The van der Waals surface area contributed by atoms with Crippen LogP contribution in [-0.2, 0) is 0 Å². The molecule has 1 N–H and O–H groups in total. The lowest BCUT2D eigenvalue weighted by atomic mass is 10.1. The van der Waals surface area contributed by atoms with Gasteiger partial charge in [-0.3, -0.25) is 0 Å². The van der Waals surface area contributed by atoms with Crippen molar-refractivity contribution in [3.63, 3.8) is 0 Å². The topological polar surface area (TPSA) is 47.0 Å². The normalized spacial score (nSPS) is 10.4. The Morgan fingerprint density at radius 3 is 2.58 bits per heavy atom. The van der Waals surface area contributed by atoms with Gasteiger partial charge in [0, 0.05) is 23.2 Å². The zero-order chi connectivity index (χ0) is 14.0. The molecule has 0 unspecified atom stereocenters. The van der Waals surface area contributed by atoms with Crippen molar-refractivity contribution in [3.05, 3.63) is 34.6 Å². The molecule has 1 heterocycles. The second-order valence-electron chi connectivity index (χ2n) is 4.19. The maximum atomic E-state index is 6.07. The second kappa shape index (κ2) is 5.45. The van der Waals surface area contributed by atoms with Crippen molar-refractivity contribution in [1.29, 1.82) is 0 Å². The highest BCUT2D eigenvalue weighted by molar-refractivity contribution is 6.31. The molecule has 0 aliphatic carbocycles. The fourth-order valence-electron chi connectivity index (χ4n) is 2.00. The molecule has 0 saturated carbocycles. The van der Waals surface area contributed by atoms with Crippen molar-refractivity contribution in [1.82, 2.24) is 9.97 Å². The van der Waals surface area contributed by atoms with Gasteiger partial charge in [-0.1, -0.05) is 11.6 Å². The van der Waals surface area contributed by atoms with E-state index in [9.17, 15) is 0 Å². The third-order valence-electron chi connectivity index (χ3n) is 2.91. The number of methoxy groups -OCH3 is 1. The molecule has 0 bridgehead atoms. The average molecular weight is 278 g/mol. The summed E-state index contributed by atoms with van der Waals surface area (Å²) in [4.78, 5) is 8.87. The van der Waals surface area contributed by atoms with Crippen LogP contribution in [0.5, 0.6) is 5.75 Å². The molecule has 0 fully saturated rings. The number of nitrogens with zero attached hydrogens (tertiary/aromatic N) is 2. The molecule has 2 rings (SSSR count). The molecule has 1 aromatic carbocycles. The fourth-order valence-corrected chi connectivity index (χ4v) is 2.17. The summed E-state index contributed by atoms with van der Waals surface area (Å²) in [5.41, 5.74) is 2.67. The molecule has 0 aliphatic rings. The number of halogens is 1. The fraction of sp³-hybridized carbons (Fsp3) is 0.286. The Labute approximate surface area is 117 Å². The van der Waals surface area contributed by atoms with E-state index in [1.54, 1.807) is 13.2 Å². The standard InChI is InChI=1S/C14H16ClN3O/c1-8-13(17-9(2)18-14(8)16-3)11-7-10(15)5-6-12(11)19-4/h5-7H,1-4H3,(H,16,17,18). The van der Waals surface area contributed by atoms with Gasteiger partial charge in [0.15, 0.2) is 0 Å². The van der Waals surface area contributed by atoms with Gasteiger partial charge in [-0.05, 0) is 32.0 Å². The van der Waals surface area contributed by atoms with Crippen LogP contribution in [0.25, 0.3) is 11.3 Å². The zero-order valence-corrected chi connectivity index (χ0v) is 12.2. The predicted octanol–water partition coefficient (Wildman–Crippen LogP) is 3.46. The lowest BCUT2D eigenvalue weighted by molar-refractivity contribution is 0.416. The minimum atomic E-state index is 0.650. The van der Waals surface area contributed by atoms with Crippen LogP contribution in [0.1, 0.15) is 11.4 Å². The summed E-state index contributed by atoms with van der Waals surface area (Å²) in [6.45, 7) is 3.84. The summed E-state index contributed by atoms with van der Waals surface area (Å²) < 4.78 is 5.38. The summed E-state index contributed by atoms with van der Waals surface area (Å²) in [6.07, 6.45) is 0. The first-order valence-corrected chi connectivity index (χ1v) is 6.31. The van der Waals surface area contributed by atoms with Crippen molar-refractivity contribution < 1.29 is 4.74 Å². The Kier molecular flexibility index (Phi) is 3.90. The quantitative estimate of drug-likeness (QED) is 0.933. The SMILES string of the molecule is CNc1nc(C)nc(-c2cc(Cl)ccc2OC)c1C. The van der Waals surface area contributed by atoms with E-state index in [1.807, 2.05) is 33.0 Å². The van der Waals surface area contributed by atoms with Crippen molar-refractivity contribution >= 4 is 17.4 Å². The average Bonchev–Trinajstić information content (AvgIpc) is 2.41. The molecule has 2 aromatic rings. The number of rotatable bonds is 3. The van der Waals surface area contributed by atoms with Gasteiger partial charge in [0.25, 0.3) is 0 Å². The van der Waals surface area contributed by atoms with Crippen LogP contribution in [-0.4, -0.2) is 24.1 Å². The first-order chi connectivity index (χ1) is 9.06. The molecule has 5 heteroatoms. The molecule has 1 aromatic heterocycles. The summed E-state index contributed by atoms with van der Waals surface area (Å²) in [6, 6.07) is 5.49. The van der Waals surface area contributed by atoms with Crippen LogP contribution in [0.3, 0.4) is 0 Å². The molecule has 19 heavy (non-hydrogen) atoms. The van der Waals surface area contributed by atoms with E-state index in [2.05, 4.69) is 15.3 Å². The van der Waals surface area contributed by atoms with E-state index in [1.165, 1.54) is 0 Å². The molecule has 100 valence electrons. The van der Waals surface area contributed by atoms with Gasteiger partial charge in [-0.15, -0.1) is 0 Å². The smallest absolute Gasteiger partial charge is 0.132 e. The number of benzene rings is 1. The lowest BCUT2D eigenvalue weighted by Crippen LogP contribution is -2.03. The van der Waals surface area contributed by atoms with Gasteiger partial charge in [-0.25, -0.2) is 9.97 Å². The van der Waals surface area contributed by atoms with E-state index in [4.69, 9.17) is 16.3 Å². The van der Waals surface area contributed by atoms with Crippen LogP contribution in [0.2, 0.25) is 5.02 Å². The first kappa shape index (κ1) is 13.6. The Morgan fingerprint density at radius 1 is 1.21 bits per heavy atom. The van der Waals surface area contributed by atoms with Crippen LogP contribution in [0.15, 0.2) is 18.2 Å². The highest BCUT2D eigenvalue weighted by atomic mass is 35.5. The number of nitrogens with one attached hydrogen (secondary N) is 1. The Bertz CT molecular complexity index is 614. The van der Waals surface area contributed by atoms with E-state index in [0.29, 0.717) is 10.8 Å². The minimum Gasteiger partial charge on any atom is -0.496 e. The van der Waals surface area contributed by atoms with E-state index < -0.39 is 0 Å². The maximum absolute atomic E-state index is 6.07. The van der Waals surface area contributed by atoms with Crippen LogP contribution in [0, 0.1) is 13.8 Å². The molecule has 0 aliphatic heterocycles. The van der Waals surface area contributed by atoms with Crippen molar-refractivity contribution in [2.75, 3.05) is 19.5 Å². The predicted molar refractivity (Wildman–Crippen MR) is 78.1 cm³/mol. The minimum absolute atomic E-state index is 0.650. The number of hydrogen-bond acceptors (Lipinski definition) is 4. The molecule has 4 nitrogen and oxygen atoms in total. The molecule has 0 saturated heterocycles. The number of aromatic nitrogens is 2. The van der Waals surface area contributed by atoms with Crippen molar-refractivity contribution in [3.8, 4) is 17.0 Å².